The van der Waals surface area contributed by atoms with Gasteiger partial charge in [-0.05, 0) is 25.1 Å². The molecule has 0 saturated heterocycles. The number of hydrogen-bond donors (Lipinski definition) is 1. The van der Waals surface area contributed by atoms with Crippen molar-refractivity contribution in [2.45, 2.75) is 13.8 Å². The molecule has 2 aromatic heterocycles. The molecule has 0 aliphatic rings. The highest BCUT2D eigenvalue weighted by Crippen LogP contribution is 2.28. The van der Waals surface area contributed by atoms with Crippen LogP contribution in [0.1, 0.15) is 24.2 Å². The topological polar surface area (TPSA) is 99.1 Å². The van der Waals surface area contributed by atoms with Crippen molar-refractivity contribution < 1.29 is 14.4 Å². The van der Waals surface area contributed by atoms with Crippen molar-refractivity contribution in [2.75, 3.05) is 13.2 Å². The number of esters is 1. The Morgan fingerprint density at radius 2 is 2.17 bits per heavy atom. The molecule has 0 spiro atoms. The van der Waals surface area contributed by atoms with Crippen LogP contribution in [0.5, 0.6) is 0 Å². The van der Waals surface area contributed by atoms with E-state index < -0.39 is 11.4 Å². The maximum atomic E-state index is 12.6. The zero-order valence-corrected chi connectivity index (χ0v) is 13.2. The maximum Gasteiger partial charge on any atom is 0.343 e. The lowest BCUT2D eigenvalue weighted by Crippen LogP contribution is -2.18. The van der Waals surface area contributed by atoms with Crippen LogP contribution >= 0.6 is 11.6 Å². The van der Waals surface area contributed by atoms with Gasteiger partial charge in [0.05, 0.1) is 22.5 Å². The van der Waals surface area contributed by atoms with Crippen molar-refractivity contribution in [3.8, 4) is 0 Å². The molecule has 0 unspecified atom stereocenters. The Hall–Kier alpha value is -2.61. The number of aromatic amines is 1. The minimum atomic E-state index is -0.691. The number of carbonyl (C=O) groups excluding carboxylic acids is 1. The molecule has 0 radical (unpaired) electrons. The summed E-state index contributed by atoms with van der Waals surface area (Å²) in [6.45, 7) is 4.01. The monoisotopic (exact) mass is 336 g/mol. The summed E-state index contributed by atoms with van der Waals surface area (Å²) in [5.74, 6) is -0.691. The van der Waals surface area contributed by atoms with Crippen LogP contribution in [-0.2, 0) is 4.74 Å². The molecule has 0 amide bonds. The molecule has 3 rings (SSSR count). The molecule has 120 valence electrons. The van der Waals surface area contributed by atoms with Crippen LogP contribution in [-0.4, -0.2) is 39.3 Å². The average Bonchev–Trinajstić information content (AvgIpc) is 2.93. The van der Waals surface area contributed by atoms with Gasteiger partial charge in [-0.3, -0.25) is 4.79 Å². The number of ether oxygens (including phenoxy) is 1. The highest BCUT2D eigenvalue weighted by Gasteiger charge is 2.19. The van der Waals surface area contributed by atoms with Crippen molar-refractivity contribution in [1.29, 1.82) is 0 Å². The first-order valence-corrected chi connectivity index (χ1v) is 7.36. The van der Waals surface area contributed by atoms with Crippen molar-refractivity contribution in [3.05, 3.63) is 33.1 Å². The largest absolute Gasteiger partial charge is 0.462 e. The summed E-state index contributed by atoms with van der Waals surface area (Å²) in [6.07, 6.45) is 1.29. The number of carbonyl (C=O) groups is 1. The quantitative estimate of drug-likeness (QED) is 0.726. The zero-order chi connectivity index (χ0) is 16.6. The highest BCUT2D eigenvalue weighted by molar-refractivity contribution is 6.39. The van der Waals surface area contributed by atoms with E-state index in [4.69, 9.17) is 21.2 Å². The smallest absolute Gasteiger partial charge is 0.343 e. The number of hydrogen-bond acceptors (Lipinski definition) is 6. The van der Waals surface area contributed by atoms with Crippen LogP contribution in [0.3, 0.4) is 0 Å². The van der Waals surface area contributed by atoms with E-state index in [9.17, 15) is 9.59 Å². The Kier molecular flexibility index (Phi) is 3.91. The predicted molar refractivity (Wildman–Crippen MR) is 83.7 cm³/mol. The first-order chi connectivity index (χ1) is 11.1. The molecule has 0 atom stereocenters. The molecule has 0 saturated carbocycles. The number of fused-ring (bicyclic) bond motifs is 2. The van der Waals surface area contributed by atoms with E-state index in [1.165, 1.54) is 17.1 Å². The first kappa shape index (κ1) is 15.3. The molecular weight excluding hydrogens is 324 g/mol. The Morgan fingerprint density at radius 3 is 2.87 bits per heavy atom. The van der Waals surface area contributed by atoms with Crippen molar-refractivity contribution in [1.82, 2.24) is 20.1 Å². The number of nitrogens with zero attached hydrogens (tertiary/aromatic N) is 3. The third-order valence-corrected chi connectivity index (χ3v) is 3.62. The summed E-state index contributed by atoms with van der Waals surface area (Å²) in [5, 5.41) is 8.25. The van der Waals surface area contributed by atoms with E-state index in [1.807, 2.05) is 0 Å². The van der Waals surface area contributed by atoms with Gasteiger partial charge in [0, 0.05) is 6.20 Å². The second-order valence-electron chi connectivity index (χ2n) is 4.61. The first-order valence-electron chi connectivity index (χ1n) is 6.98. The minimum Gasteiger partial charge on any atom is -0.462 e. The van der Waals surface area contributed by atoms with Gasteiger partial charge in [-0.2, -0.15) is 0 Å². The summed E-state index contributed by atoms with van der Waals surface area (Å²) in [6, 6.07) is 1.54. The van der Waals surface area contributed by atoms with Gasteiger partial charge in [0.1, 0.15) is 23.2 Å². The van der Waals surface area contributed by atoms with Gasteiger partial charge in [-0.25, -0.2) is 4.79 Å². The second kappa shape index (κ2) is 5.88. The molecule has 3 aromatic rings. The third kappa shape index (κ3) is 2.40. The lowest BCUT2D eigenvalue weighted by molar-refractivity contribution is 0.0524. The van der Waals surface area contributed by atoms with Crippen LogP contribution in [0.2, 0.25) is 5.02 Å². The Morgan fingerprint density at radius 1 is 1.39 bits per heavy atom. The number of benzene rings is 1. The van der Waals surface area contributed by atoms with Gasteiger partial charge in [0.15, 0.2) is 0 Å². The van der Waals surface area contributed by atoms with Gasteiger partial charge in [-0.1, -0.05) is 16.4 Å². The van der Waals surface area contributed by atoms with E-state index >= 15 is 0 Å². The molecule has 1 N–H and O–H groups in total. The Labute approximate surface area is 134 Å². The van der Waals surface area contributed by atoms with Crippen LogP contribution in [0.15, 0.2) is 17.1 Å². The minimum absolute atomic E-state index is 0.0924. The van der Waals surface area contributed by atoms with Gasteiger partial charge in [0.2, 0.25) is 5.43 Å². The van der Waals surface area contributed by atoms with Crippen molar-refractivity contribution >= 4 is 39.5 Å². The number of H-pyrrole nitrogens is 1. The van der Waals surface area contributed by atoms with Gasteiger partial charge in [0.25, 0.3) is 0 Å². The molecule has 9 heteroatoms. The van der Waals surface area contributed by atoms with Crippen LogP contribution < -0.4 is 10.3 Å². The number of nitrogens with one attached hydrogen (secondary N) is 1. The lowest BCUT2D eigenvalue weighted by Gasteiger charge is -2.06. The highest BCUT2D eigenvalue weighted by atomic mass is 35.5. The van der Waals surface area contributed by atoms with Crippen LogP contribution in [0.4, 0.5) is 0 Å². The summed E-state index contributed by atoms with van der Waals surface area (Å²) in [7, 11) is 0. The zero-order valence-electron chi connectivity index (χ0n) is 12.4. The molecule has 0 fully saturated rings. The molecule has 8 nitrogen and oxygen atoms in total. The number of halogens is 1. The molecule has 0 aliphatic carbocycles. The van der Waals surface area contributed by atoms with E-state index in [0.717, 1.165) is 0 Å². The fourth-order valence-electron chi connectivity index (χ4n) is 2.25. The average molecular weight is 337 g/mol. The molecule has 23 heavy (non-hydrogen) atoms. The number of pyridine rings is 1. The summed E-state index contributed by atoms with van der Waals surface area (Å²) >= 11 is 6.30. The van der Waals surface area contributed by atoms with E-state index in [0.29, 0.717) is 23.2 Å². The third-order valence-electron chi connectivity index (χ3n) is 3.25. The molecular formula is C14H13ClN4O4. The predicted octanol–water partition coefficient (Wildman–Crippen LogP) is 1.55. The Bertz CT molecular complexity index is 963. The molecule has 0 aliphatic heterocycles. The van der Waals surface area contributed by atoms with E-state index in [1.54, 1.807) is 13.8 Å². The fraction of sp³-hybridized carbons (Fsp3) is 0.286. The Balaban J connectivity index is 2.31. The fourth-order valence-corrected chi connectivity index (χ4v) is 2.55. The molecule has 0 bridgehead atoms. The normalized spacial score (nSPS) is 11.1. The van der Waals surface area contributed by atoms with Crippen molar-refractivity contribution in [3.63, 3.8) is 0 Å². The van der Waals surface area contributed by atoms with Crippen LogP contribution in [0.25, 0.3) is 21.9 Å². The van der Waals surface area contributed by atoms with E-state index in [-0.39, 0.29) is 22.6 Å². The molecule has 1 aromatic carbocycles. The van der Waals surface area contributed by atoms with Gasteiger partial charge < -0.3 is 14.6 Å². The second-order valence-corrected chi connectivity index (χ2v) is 4.99. The summed E-state index contributed by atoms with van der Waals surface area (Å²) in [4.78, 5) is 33.8. The molecule has 2 heterocycles. The SMILES string of the molecule is CCOC(=O)c1c[nH]c2c(Cl)c3nnn(OCC)c3cc2c1=O. The summed E-state index contributed by atoms with van der Waals surface area (Å²) < 4.78 is 4.88. The number of aromatic nitrogens is 4. The standard InChI is InChI=1S/C14H13ClN4O4/c1-3-22-14(21)8-6-16-11-7(13(8)20)5-9-12(10(11)15)17-18-19(9)23-4-2/h5-6H,3-4H2,1-2H3,(H,16,20). The lowest BCUT2D eigenvalue weighted by atomic mass is 10.1. The van der Waals surface area contributed by atoms with Gasteiger partial charge >= 0.3 is 5.97 Å². The number of rotatable bonds is 4. The van der Waals surface area contributed by atoms with Crippen LogP contribution in [0, 0.1) is 0 Å². The van der Waals surface area contributed by atoms with Gasteiger partial charge in [-0.15, -0.1) is 5.10 Å². The summed E-state index contributed by atoms with van der Waals surface area (Å²) in [5.41, 5.74) is 0.638. The van der Waals surface area contributed by atoms with E-state index in [2.05, 4.69) is 15.3 Å². The maximum absolute atomic E-state index is 12.6. The van der Waals surface area contributed by atoms with Crippen molar-refractivity contribution in [2.24, 2.45) is 0 Å².